The molecule has 8 heteroatoms. The summed E-state index contributed by atoms with van der Waals surface area (Å²) in [6, 6.07) is 13.8. The van der Waals surface area contributed by atoms with Crippen molar-refractivity contribution in [2.75, 3.05) is 19.7 Å². The molecule has 1 saturated heterocycles. The summed E-state index contributed by atoms with van der Waals surface area (Å²) in [6.07, 6.45) is 6.45. The second-order valence-electron chi connectivity index (χ2n) is 8.75. The molecule has 1 amide bonds. The zero-order valence-corrected chi connectivity index (χ0v) is 19.0. The smallest absolute Gasteiger partial charge is 0.258 e. The fourth-order valence-corrected chi connectivity index (χ4v) is 5.91. The number of nitrogens with zero attached hydrogens (tertiary/aromatic N) is 2. The Kier molecular flexibility index (Phi) is 5.47. The molecule has 2 atom stereocenters. The van der Waals surface area contributed by atoms with Crippen LogP contribution in [-0.4, -0.2) is 47.1 Å². The van der Waals surface area contributed by atoms with Crippen LogP contribution in [0.2, 0.25) is 0 Å². The number of amides is 1. The molecule has 6 rings (SSSR count). The number of carbonyl (C=O) groups excluding carboxylic acids is 1. The summed E-state index contributed by atoms with van der Waals surface area (Å²) >= 11 is 1.49. The van der Waals surface area contributed by atoms with Crippen molar-refractivity contribution in [1.29, 1.82) is 0 Å². The first-order valence-electron chi connectivity index (χ1n) is 11.5. The van der Waals surface area contributed by atoms with E-state index in [2.05, 4.69) is 20.0 Å². The molecule has 1 aromatic carbocycles. The molecular weight excluding hydrogens is 436 g/mol. The number of aromatic nitrogens is 2. The van der Waals surface area contributed by atoms with Crippen molar-refractivity contribution < 1.29 is 14.3 Å². The van der Waals surface area contributed by atoms with Gasteiger partial charge >= 0.3 is 0 Å². The molecule has 5 heterocycles. The van der Waals surface area contributed by atoms with Crippen LogP contribution in [0.15, 0.2) is 58.6 Å². The number of fused-ring (bicyclic) bond motifs is 1. The van der Waals surface area contributed by atoms with Crippen molar-refractivity contribution >= 4 is 29.4 Å². The minimum absolute atomic E-state index is 0.0163. The molecular formula is C25H26N4O3S. The van der Waals surface area contributed by atoms with Crippen LogP contribution in [0.5, 0.6) is 11.5 Å². The van der Waals surface area contributed by atoms with Gasteiger partial charge in [0, 0.05) is 12.5 Å². The van der Waals surface area contributed by atoms with Crippen LogP contribution < -0.4 is 20.1 Å². The van der Waals surface area contributed by atoms with Gasteiger partial charge in [-0.25, -0.2) is 4.98 Å². The number of nitrogens with one attached hydrogen (secondary N) is 2. The number of hydrogen-bond acceptors (Lipinski definition) is 6. The number of imidazole rings is 1. The molecule has 33 heavy (non-hydrogen) atoms. The van der Waals surface area contributed by atoms with E-state index in [1.165, 1.54) is 11.8 Å². The maximum Gasteiger partial charge on any atom is 0.258 e. The monoisotopic (exact) mass is 462 g/mol. The van der Waals surface area contributed by atoms with Crippen LogP contribution in [0.3, 0.4) is 0 Å². The highest BCUT2D eigenvalue weighted by molar-refractivity contribution is 8.04. The lowest BCUT2D eigenvalue weighted by atomic mass is 9.87. The molecule has 3 aromatic rings. The first-order valence-corrected chi connectivity index (χ1v) is 12.3. The van der Waals surface area contributed by atoms with Crippen LogP contribution in [0.25, 0.3) is 11.7 Å². The Morgan fingerprint density at radius 2 is 2.03 bits per heavy atom. The normalized spacial score (nSPS) is 20.8. The molecule has 7 nitrogen and oxygen atoms in total. The topological polar surface area (TPSA) is 76.9 Å². The summed E-state index contributed by atoms with van der Waals surface area (Å²) in [4.78, 5) is 18.6. The summed E-state index contributed by atoms with van der Waals surface area (Å²) in [5, 5.41) is 7.80. The van der Waals surface area contributed by atoms with Gasteiger partial charge in [0.2, 0.25) is 0 Å². The molecule has 2 aromatic heterocycles. The van der Waals surface area contributed by atoms with E-state index in [4.69, 9.17) is 9.47 Å². The summed E-state index contributed by atoms with van der Waals surface area (Å²) in [7, 11) is 0. The molecule has 0 spiro atoms. The van der Waals surface area contributed by atoms with Gasteiger partial charge in [0.15, 0.2) is 11.5 Å². The van der Waals surface area contributed by atoms with E-state index in [0.29, 0.717) is 17.4 Å². The number of hydrogen-bond donors (Lipinski definition) is 2. The molecule has 0 saturated carbocycles. The molecule has 1 fully saturated rings. The summed E-state index contributed by atoms with van der Waals surface area (Å²) < 4.78 is 14.2. The summed E-state index contributed by atoms with van der Waals surface area (Å²) in [6.45, 7) is 2.44. The van der Waals surface area contributed by atoms with Gasteiger partial charge in [0.1, 0.15) is 18.4 Å². The Morgan fingerprint density at radius 3 is 2.91 bits per heavy atom. The van der Waals surface area contributed by atoms with E-state index in [1.807, 2.05) is 54.7 Å². The number of carbonyl (C=O) groups is 1. The van der Waals surface area contributed by atoms with Gasteiger partial charge in [0.05, 0.1) is 21.8 Å². The van der Waals surface area contributed by atoms with Crippen LogP contribution in [0.4, 0.5) is 0 Å². The van der Waals surface area contributed by atoms with Gasteiger partial charge in [-0.2, -0.15) is 0 Å². The van der Waals surface area contributed by atoms with Gasteiger partial charge < -0.3 is 20.1 Å². The van der Waals surface area contributed by atoms with E-state index >= 15 is 0 Å². The Balaban J connectivity index is 1.21. The Labute approximate surface area is 196 Å². The van der Waals surface area contributed by atoms with Gasteiger partial charge in [0.25, 0.3) is 5.91 Å². The fourth-order valence-electron chi connectivity index (χ4n) is 4.92. The third kappa shape index (κ3) is 4.09. The third-order valence-electron chi connectivity index (χ3n) is 6.59. The van der Waals surface area contributed by atoms with Crippen molar-refractivity contribution in [1.82, 2.24) is 20.0 Å². The van der Waals surface area contributed by atoms with Crippen LogP contribution in [-0.2, 0) is 4.79 Å². The maximum absolute atomic E-state index is 13.4. The fraction of sp³-hybridized carbons (Fsp3) is 0.360. The van der Waals surface area contributed by atoms with Gasteiger partial charge in [-0.15, -0.1) is 0 Å². The first kappa shape index (κ1) is 20.6. The summed E-state index contributed by atoms with van der Waals surface area (Å²) in [5.74, 6) is 1.92. The third-order valence-corrected chi connectivity index (χ3v) is 7.64. The van der Waals surface area contributed by atoms with Crippen molar-refractivity contribution in [3.63, 3.8) is 0 Å². The Hall–Kier alpha value is -2.97. The minimum atomic E-state index is -0.0942. The largest absolute Gasteiger partial charge is 0.486 e. The standard InChI is InChI=1S/C25H26N4O3S/c30-25(22-12-17-14-27-23-6-3-7-24(33-22)29(17)23)28-19(16-8-10-26-11-9-16)13-18-15-31-20-4-1-2-5-21(20)32-18/h1-7,12,14,16,18-19,26H,8-11,13,15H2,(H,28,30)/t18-,19?/m1/s1. The highest BCUT2D eigenvalue weighted by Crippen LogP contribution is 2.36. The molecule has 1 unspecified atom stereocenters. The van der Waals surface area contributed by atoms with Gasteiger partial charge in [-0.1, -0.05) is 30.0 Å². The van der Waals surface area contributed by atoms with E-state index in [0.717, 1.165) is 60.2 Å². The van der Waals surface area contributed by atoms with Crippen molar-refractivity contribution in [2.24, 2.45) is 5.92 Å². The number of rotatable bonds is 5. The van der Waals surface area contributed by atoms with Crippen molar-refractivity contribution in [2.45, 2.75) is 36.4 Å². The highest BCUT2D eigenvalue weighted by atomic mass is 32.2. The van der Waals surface area contributed by atoms with E-state index in [9.17, 15) is 4.79 Å². The molecule has 0 bridgehead atoms. The van der Waals surface area contributed by atoms with Crippen LogP contribution in [0, 0.1) is 5.92 Å². The predicted molar refractivity (Wildman–Crippen MR) is 128 cm³/mol. The zero-order valence-electron chi connectivity index (χ0n) is 18.2. The maximum atomic E-state index is 13.4. The SMILES string of the molecule is O=C(NC(C[C@@H]1COc2ccccc2O1)C1CCNCC1)C1=Cc2cnc3cccc(n23)S1. The zero-order chi connectivity index (χ0) is 22.2. The Morgan fingerprint density at radius 1 is 1.18 bits per heavy atom. The second kappa shape index (κ2) is 8.76. The average molecular weight is 463 g/mol. The molecule has 3 aliphatic heterocycles. The second-order valence-corrected chi connectivity index (χ2v) is 9.81. The number of ether oxygens (including phenoxy) is 2. The molecule has 0 aliphatic carbocycles. The minimum Gasteiger partial charge on any atom is -0.486 e. The lowest BCUT2D eigenvalue weighted by molar-refractivity contribution is -0.118. The first-order chi connectivity index (χ1) is 16.2. The van der Waals surface area contributed by atoms with E-state index < -0.39 is 0 Å². The molecule has 3 aliphatic rings. The molecule has 2 N–H and O–H groups in total. The average Bonchev–Trinajstić information content (AvgIpc) is 3.28. The summed E-state index contributed by atoms with van der Waals surface area (Å²) in [5.41, 5.74) is 1.83. The van der Waals surface area contributed by atoms with Gasteiger partial charge in [-0.3, -0.25) is 9.20 Å². The van der Waals surface area contributed by atoms with Gasteiger partial charge in [-0.05, 0) is 62.2 Å². The number of benzene rings is 1. The van der Waals surface area contributed by atoms with E-state index in [1.54, 1.807) is 0 Å². The molecule has 0 radical (unpaired) electrons. The number of pyridine rings is 1. The predicted octanol–water partition coefficient (Wildman–Crippen LogP) is 3.50. The number of thioether (sulfide) groups is 1. The van der Waals surface area contributed by atoms with Crippen LogP contribution >= 0.6 is 11.8 Å². The van der Waals surface area contributed by atoms with E-state index in [-0.39, 0.29) is 18.1 Å². The quantitative estimate of drug-likeness (QED) is 0.605. The lowest BCUT2D eigenvalue weighted by Crippen LogP contribution is -2.48. The number of piperidine rings is 1. The molecule has 170 valence electrons. The van der Waals surface area contributed by atoms with Crippen molar-refractivity contribution in [3.05, 3.63) is 59.3 Å². The van der Waals surface area contributed by atoms with Crippen molar-refractivity contribution in [3.8, 4) is 11.5 Å². The highest BCUT2D eigenvalue weighted by Gasteiger charge is 2.32. The lowest BCUT2D eigenvalue weighted by Gasteiger charge is -2.35. The Bertz CT molecular complexity index is 1220. The number of para-hydroxylation sites is 2. The van der Waals surface area contributed by atoms with Crippen LogP contribution in [0.1, 0.15) is 25.0 Å².